The van der Waals surface area contributed by atoms with E-state index in [0.29, 0.717) is 0 Å². The first-order valence-corrected chi connectivity index (χ1v) is 5.23. The van der Waals surface area contributed by atoms with E-state index in [2.05, 4.69) is 45.3 Å². The van der Waals surface area contributed by atoms with Gasteiger partial charge in [0, 0.05) is 18.5 Å². The van der Waals surface area contributed by atoms with Gasteiger partial charge in [-0.2, -0.15) is 0 Å². The number of carbonyl (C=O) groups excluding carboxylic acids is 1. The molecule has 1 unspecified atom stereocenters. The van der Waals surface area contributed by atoms with Crippen molar-refractivity contribution in [2.24, 2.45) is 10.8 Å². The molecule has 1 amide bonds. The molecule has 14 heavy (non-hydrogen) atoms. The van der Waals surface area contributed by atoms with E-state index in [9.17, 15) is 4.79 Å². The molecule has 0 saturated carbocycles. The highest BCUT2D eigenvalue weighted by molar-refractivity contribution is 5.83. The highest BCUT2D eigenvalue weighted by Crippen LogP contribution is 2.27. The first-order chi connectivity index (χ1) is 6.22. The van der Waals surface area contributed by atoms with E-state index in [1.165, 1.54) is 0 Å². The lowest BCUT2D eigenvalue weighted by molar-refractivity contribution is -0.129. The molecule has 1 aliphatic heterocycles. The lowest BCUT2D eigenvalue weighted by atomic mass is 9.76. The van der Waals surface area contributed by atoms with Gasteiger partial charge < -0.3 is 10.6 Å². The Morgan fingerprint density at radius 1 is 1.50 bits per heavy atom. The van der Waals surface area contributed by atoms with E-state index in [1.807, 2.05) is 0 Å². The van der Waals surface area contributed by atoms with E-state index in [1.54, 1.807) is 0 Å². The molecular weight excluding hydrogens is 176 g/mol. The van der Waals surface area contributed by atoms with Gasteiger partial charge >= 0.3 is 0 Å². The quantitative estimate of drug-likeness (QED) is 0.699. The smallest absolute Gasteiger partial charge is 0.237 e. The Morgan fingerprint density at radius 2 is 2.07 bits per heavy atom. The van der Waals surface area contributed by atoms with Gasteiger partial charge in [-0.1, -0.05) is 34.6 Å². The summed E-state index contributed by atoms with van der Waals surface area (Å²) in [6, 6.07) is -0.00940. The van der Waals surface area contributed by atoms with Crippen molar-refractivity contribution < 1.29 is 4.79 Å². The second-order valence-electron chi connectivity index (χ2n) is 6.08. The van der Waals surface area contributed by atoms with E-state index in [-0.39, 0.29) is 22.8 Å². The summed E-state index contributed by atoms with van der Waals surface area (Å²) in [5.74, 6) is 0.135. The molecule has 0 aromatic carbocycles. The van der Waals surface area contributed by atoms with Crippen molar-refractivity contribution in [2.45, 2.75) is 40.7 Å². The van der Waals surface area contributed by atoms with Crippen molar-refractivity contribution >= 4 is 5.91 Å². The highest BCUT2D eigenvalue weighted by Gasteiger charge is 2.42. The number of hydrogen-bond acceptors (Lipinski definition) is 2. The summed E-state index contributed by atoms with van der Waals surface area (Å²) in [6.45, 7) is 12.3. The molecule has 1 rings (SSSR count). The third-order valence-electron chi connectivity index (χ3n) is 2.60. The Kier molecular flexibility index (Phi) is 2.91. The zero-order valence-electron chi connectivity index (χ0n) is 9.90. The molecule has 1 atom stereocenters. The van der Waals surface area contributed by atoms with Crippen LogP contribution in [0.5, 0.6) is 0 Å². The number of carbonyl (C=O) groups is 1. The van der Waals surface area contributed by atoms with Gasteiger partial charge in [-0.05, 0) is 5.41 Å². The van der Waals surface area contributed by atoms with Crippen LogP contribution in [-0.2, 0) is 4.79 Å². The van der Waals surface area contributed by atoms with Crippen LogP contribution in [0.15, 0.2) is 0 Å². The van der Waals surface area contributed by atoms with Gasteiger partial charge in [0.15, 0.2) is 0 Å². The van der Waals surface area contributed by atoms with Crippen LogP contribution in [-0.4, -0.2) is 25.0 Å². The SMILES string of the molecule is CC(C)(C)CNC(=O)C1NCC1(C)C. The predicted octanol–water partition coefficient (Wildman–Crippen LogP) is 1.15. The standard InChI is InChI=1S/C11H22N2O/c1-10(2,3)6-13-9(14)8-11(4,5)7-12-8/h8,12H,6-7H2,1-5H3,(H,13,14). The molecule has 3 heteroatoms. The summed E-state index contributed by atoms with van der Waals surface area (Å²) in [5.41, 5.74) is 0.269. The Hall–Kier alpha value is -0.570. The Labute approximate surface area is 86.6 Å². The van der Waals surface area contributed by atoms with Gasteiger partial charge in [0.25, 0.3) is 0 Å². The molecule has 0 aromatic heterocycles. The molecule has 82 valence electrons. The highest BCUT2D eigenvalue weighted by atomic mass is 16.2. The summed E-state index contributed by atoms with van der Waals surface area (Å²) in [6.07, 6.45) is 0. The summed E-state index contributed by atoms with van der Waals surface area (Å²) in [7, 11) is 0. The second kappa shape index (κ2) is 3.54. The summed E-state index contributed by atoms with van der Waals surface area (Å²) < 4.78 is 0. The number of amides is 1. The first-order valence-electron chi connectivity index (χ1n) is 5.23. The normalized spacial score (nSPS) is 25.4. The topological polar surface area (TPSA) is 41.1 Å². The van der Waals surface area contributed by atoms with E-state index < -0.39 is 0 Å². The monoisotopic (exact) mass is 198 g/mol. The molecule has 0 spiro atoms. The van der Waals surface area contributed by atoms with Crippen molar-refractivity contribution in [3.8, 4) is 0 Å². The van der Waals surface area contributed by atoms with Crippen LogP contribution >= 0.6 is 0 Å². The lowest BCUT2D eigenvalue weighted by Crippen LogP contribution is -2.66. The lowest BCUT2D eigenvalue weighted by Gasteiger charge is -2.44. The third kappa shape index (κ3) is 2.71. The van der Waals surface area contributed by atoms with Crippen molar-refractivity contribution in [1.82, 2.24) is 10.6 Å². The van der Waals surface area contributed by atoms with Crippen molar-refractivity contribution in [3.05, 3.63) is 0 Å². The van der Waals surface area contributed by atoms with Crippen LogP contribution in [0, 0.1) is 10.8 Å². The number of rotatable bonds is 2. The molecule has 0 aromatic rings. The largest absolute Gasteiger partial charge is 0.354 e. The average molecular weight is 198 g/mol. The summed E-state index contributed by atoms with van der Waals surface area (Å²) >= 11 is 0. The zero-order chi connectivity index (χ0) is 11.0. The third-order valence-corrected chi connectivity index (χ3v) is 2.60. The average Bonchev–Trinajstić information content (AvgIpc) is 1.98. The van der Waals surface area contributed by atoms with Crippen LogP contribution in [0.2, 0.25) is 0 Å². The fraction of sp³-hybridized carbons (Fsp3) is 0.909. The number of nitrogens with one attached hydrogen (secondary N) is 2. The van der Waals surface area contributed by atoms with E-state index in [0.717, 1.165) is 13.1 Å². The molecule has 0 bridgehead atoms. The molecule has 1 saturated heterocycles. The zero-order valence-corrected chi connectivity index (χ0v) is 9.90. The van der Waals surface area contributed by atoms with Crippen LogP contribution < -0.4 is 10.6 Å². The second-order valence-corrected chi connectivity index (χ2v) is 6.08. The molecule has 0 aliphatic carbocycles. The fourth-order valence-corrected chi connectivity index (χ4v) is 1.51. The van der Waals surface area contributed by atoms with Crippen LogP contribution in [0.25, 0.3) is 0 Å². The Balaban J connectivity index is 2.37. The Morgan fingerprint density at radius 3 is 2.36 bits per heavy atom. The van der Waals surface area contributed by atoms with E-state index >= 15 is 0 Å². The van der Waals surface area contributed by atoms with Crippen LogP contribution in [0.3, 0.4) is 0 Å². The van der Waals surface area contributed by atoms with Gasteiger partial charge in [-0.15, -0.1) is 0 Å². The predicted molar refractivity (Wildman–Crippen MR) is 58.0 cm³/mol. The molecule has 1 heterocycles. The molecule has 2 N–H and O–H groups in total. The van der Waals surface area contributed by atoms with E-state index in [4.69, 9.17) is 0 Å². The summed E-state index contributed by atoms with van der Waals surface area (Å²) in [4.78, 5) is 11.7. The fourth-order valence-electron chi connectivity index (χ4n) is 1.51. The maximum Gasteiger partial charge on any atom is 0.237 e. The molecule has 3 nitrogen and oxygen atoms in total. The first kappa shape index (κ1) is 11.5. The molecule has 1 aliphatic rings. The van der Waals surface area contributed by atoms with Crippen LogP contribution in [0.1, 0.15) is 34.6 Å². The van der Waals surface area contributed by atoms with Gasteiger partial charge in [-0.3, -0.25) is 4.79 Å². The van der Waals surface area contributed by atoms with Gasteiger partial charge in [-0.25, -0.2) is 0 Å². The minimum absolute atomic E-state index is 0.00940. The molecule has 0 radical (unpaired) electrons. The minimum Gasteiger partial charge on any atom is -0.354 e. The van der Waals surface area contributed by atoms with Crippen molar-refractivity contribution in [3.63, 3.8) is 0 Å². The van der Waals surface area contributed by atoms with Crippen molar-refractivity contribution in [2.75, 3.05) is 13.1 Å². The van der Waals surface area contributed by atoms with Crippen molar-refractivity contribution in [1.29, 1.82) is 0 Å². The molecule has 1 fully saturated rings. The number of hydrogen-bond donors (Lipinski definition) is 2. The minimum atomic E-state index is -0.00940. The van der Waals surface area contributed by atoms with Gasteiger partial charge in [0.05, 0.1) is 6.04 Å². The van der Waals surface area contributed by atoms with Gasteiger partial charge in [0.1, 0.15) is 0 Å². The molecular formula is C11H22N2O. The maximum absolute atomic E-state index is 11.7. The van der Waals surface area contributed by atoms with Gasteiger partial charge in [0.2, 0.25) is 5.91 Å². The summed E-state index contributed by atoms with van der Waals surface area (Å²) in [5, 5.41) is 6.14. The van der Waals surface area contributed by atoms with Crippen LogP contribution in [0.4, 0.5) is 0 Å². The maximum atomic E-state index is 11.7. The Bertz CT molecular complexity index is 228.